The molecule has 0 aliphatic carbocycles. The second-order valence-electron chi connectivity index (χ2n) is 4.38. The summed E-state index contributed by atoms with van der Waals surface area (Å²) in [6.07, 6.45) is 1.62. The summed E-state index contributed by atoms with van der Waals surface area (Å²) in [5, 5.41) is 2.56. The van der Waals surface area contributed by atoms with Crippen molar-refractivity contribution in [2.45, 2.75) is 13.8 Å². The molecule has 0 spiro atoms. The molecule has 0 unspecified atom stereocenters. The molecule has 1 aromatic carbocycles. The van der Waals surface area contributed by atoms with Gasteiger partial charge in [-0.1, -0.05) is 6.07 Å². The highest BCUT2D eigenvalue weighted by Crippen LogP contribution is 2.29. The largest absolute Gasteiger partial charge is 0.493 e. The maximum absolute atomic E-state index is 12.0. The Morgan fingerprint density at radius 3 is 2.57 bits per heavy atom. The molecular formula is C15H18N2O4. The van der Waals surface area contributed by atoms with E-state index in [1.54, 1.807) is 38.3 Å². The second-order valence-corrected chi connectivity index (χ2v) is 4.38. The van der Waals surface area contributed by atoms with Crippen LogP contribution in [0.4, 0.5) is 4.79 Å². The van der Waals surface area contributed by atoms with E-state index in [1.165, 1.54) is 0 Å². The molecular weight excluding hydrogens is 272 g/mol. The number of benzene rings is 1. The van der Waals surface area contributed by atoms with Gasteiger partial charge < -0.3 is 14.8 Å². The van der Waals surface area contributed by atoms with Gasteiger partial charge in [-0.2, -0.15) is 0 Å². The molecule has 0 radical (unpaired) electrons. The lowest BCUT2D eigenvalue weighted by atomic mass is 10.1. The van der Waals surface area contributed by atoms with Gasteiger partial charge in [0.15, 0.2) is 11.5 Å². The number of hydrogen-bond donors (Lipinski definition) is 1. The average molecular weight is 290 g/mol. The molecule has 0 aromatic heterocycles. The molecule has 3 amide bonds. The number of carbonyl (C=O) groups is 2. The third-order valence-corrected chi connectivity index (χ3v) is 3.08. The van der Waals surface area contributed by atoms with Gasteiger partial charge in [-0.25, -0.2) is 4.79 Å². The summed E-state index contributed by atoms with van der Waals surface area (Å²) in [6.45, 7) is 4.48. The molecule has 0 saturated carbocycles. The zero-order chi connectivity index (χ0) is 15.4. The number of nitrogens with one attached hydrogen (secondary N) is 1. The minimum atomic E-state index is -0.396. The minimum Gasteiger partial charge on any atom is -0.493 e. The topological polar surface area (TPSA) is 67.9 Å². The van der Waals surface area contributed by atoms with Crippen molar-refractivity contribution >= 4 is 18.0 Å². The van der Waals surface area contributed by atoms with E-state index in [1.807, 2.05) is 6.92 Å². The van der Waals surface area contributed by atoms with Crippen LogP contribution >= 0.6 is 0 Å². The van der Waals surface area contributed by atoms with Crippen LogP contribution in [0.15, 0.2) is 23.9 Å². The molecule has 1 heterocycles. The fourth-order valence-electron chi connectivity index (χ4n) is 2.08. The lowest BCUT2D eigenvalue weighted by molar-refractivity contribution is -0.122. The molecule has 0 bridgehead atoms. The summed E-state index contributed by atoms with van der Waals surface area (Å²) in [4.78, 5) is 24.7. The van der Waals surface area contributed by atoms with Gasteiger partial charge in [0, 0.05) is 6.54 Å². The molecule has 0 atom stereocenters. The highest BCUT2D eigenvalue weighted by atomic mass is 16.5. The van der Waals surface area contributed by atoms with Crippen molar-refractivity contribution in [2.75, 3.05) is 20.3 Å². The maximum atomic E-state index is 12.0. The fraction of sp³-hybridized carbons (Fsp3) is 0.333. The van der Waals surface area contributed by atoms with Crippen LogP contribution in [0.5, 0.6) is 11.5 Å². The fourth-order valence-corrected chi connectivity index (χ4v) is 2.08. The minimum absolute atomic E-state index is 0.259. The number of amides is 3. The van der Waals surface area contributed by atoms with Gasteiger partial charge in [0.1, 0.15) is 5.70 Å². The van der Waals surface area contributed by atoms with Gasteiger partial charge >= 0.3 is 6.03 Å². The average Bonchev–Trinajstić information content (AvgIpc) is 2.73. The quantitative estimate of drug-likeness (QED) is 0.665. The first-order valence-electron chi connectivity index (χ1n) is 6.76. The van der Waals surface area contributed by atoms with Crippen LogP contribution in [-0.2, 0) is 4.79 Å². The highest BCUT2D eigenvalue weighted by molar-refractivity contribution is 6.13. The van der Waals surface area contributed by atoms with E-state index in [9.17, 15) is 9.59 Å². The van der Waals surface area contributed by atoms with Gasteiger partial charge in [-0.15, -0.1) is 0 Å². The van der Waals surface area contributed by atoms with Crippen molar-refractivity contribution in [2.24, 2.45) is 0 Å². The Morgan fingerprint density at radius 1 is 1.24 bits per heavy atom. The van der Waals surface area contributed by atoms with E-state index in [0.29, 0.717) is 24.7 Å². The van der Waals surface area contributed by atoms with Crippen LogP contribution in [0.3, 0.4) is 0 Å². The number of methoxy groups -OCH3 is 1. The smallest absolute Gasteiger partial charge is 0.328 e. The molecule has 1 aliphatic rings. The van der Waals surface area contributed by atoms with E-state index in [-0.39, 0.29) is 11.6 Å². The predicted molar refractivity (Wildman–Crippen MR) is 78.1 cm³/mol. The lowest BCUT2D eigenvalue weighted by Crippen LogP contribution is -2.30. The number of hydrogen-bond acceptors (Lipinski definition) is 4. The Kier molecular flexibility index (Phi) is 4.47. The molecule has 6 heteroatoms. The molecule has 1 fully saturated rings. The van der Waals surface area contributed by atoms with E-state index in [4.69, 9.17) is 9.47 Å². The summed E-state index contributed by atoms with van der Waals surface area (Å²) in [7, 11) is 1.57. The van der Waals surface area contributed by atoms with Crippen molar-refractivity contribution in [1.82, 2.24) is 10.2 Å². The summed E-state index contributed by atoms with van der Waals surface area (Å²) in [5.74, 6) is 0.894. The second kappa shape index (κ2) is 6.30. The van der Waals surface area contributed by atoms with Gasteiger partial charge in [0.05, 0.1) is 13.7 Å². The summed E-state index contributed by atoms with van der Waals surface area (Å²) >= 11 is 0. The number of urea groups is 1. The Bertz CT molecular complexity index is 595. The van der Waals surface area contributed by atoms with Crippen molar-refractivity contribution in [1.29, 1.82) is 0 Å². The van der Waals surface area contributed by atoms with E-state index in [0.717, 1.165) is 10.5 Å². The number of carbonyl (C=O) groups excluding carboxylic acids is 2. The number of imide groups is 1. The number of nitrogens with zero attached hydrogens (tertiary/aromatic N) is 1. The third kappa shape index (κ3) is 2.99. The molecule has 112 valence electrons. The van der Waals surface area contributed by atoms with Crippen molar-refractivity contribution < 1.29 is 19.1 Å². The van der Waals surface area contributed by atoms with Crippen LogP contribution in [0, 0.1) is 0 Å². The van der Waals surface area contributed by atoms with Gasteiger partial charge in [0.25, 0.3) is 5.91 Å². The van der Waals surface area contributed by atoms with Gasteiger partial charge in [0.2, 0.25) is 0 Å². The number of rotatable bonds is 5. The van der Waals surface area contributed by atoms with Gasteiger partial charge in [-0.05, 0) is 37.6 Å². The maximum Gasteiger partial charge on any atom is 0.328 e. The predicted octanol–water partition coefficient (Wildman–Crippen LogP) is 2.01. The van der Waals surface area contributed by atoms with Crippen LogP contribution in [0.25, 0.3) is 6.08 Å². The monoisotopic (exact) mass is 290 g/mol. The molecule has 1 aliphatic heterocycles. The lowest BCUT2D eigenvalue weighted by Gasteiger charge is -2.10. The van der Waals surface area contributed by atoms with Crippen LogP contribution < -0.4 is 14.8 Å². The van der Waals surface area contributed by atoms with E-state index < -0.39 is 6.03 Å². The van der Waals surface area contributed by atoms with Gasteiger partial charge in [-0.3, -0.25) is 9.69 Å². The Morgan fingerprint density at radius 2 is 2.00 bits per heavy atom. The number of ether oxygens (including phenoxy) is 2. The van der Waals surface area contributed by atoms with E-state index >= 15 is 0 Å². The van der Waals surface area contributed by atoms with Crippen molar-refractivity contribution in [3.63, 3.8) is 0 Å². The molecule has 21 heavy (non-hydrogen) atoms. The normalized spacial score (nSPS) is 16.3. The van der Waals surface area contributed by atoms with Crippen LogP contribution in [0.2, 0.25) is 0 Å². The van der Waals surface area contributed by atoms with Crippen molar-refractivity contribution in [3.05, 3.63) is 29.5 Å². The Hall–Kier alpha value is -2.50. The molecule has 1 saturated heterocycles. The zero-order valence-electron chi connectivity index (χ0n) is 12.3. The first-order valence-corrected chi connectivity index (χ1v) is 6.76. The van der Waals surface area contributed by atoms with Crippen LogP contribution in [0.1, 0.15) is 19.4 Å². The third-order valence-electron chi connectivity index (χ3n) is 3.08. The molecule has 1 aromatic rings. The summed E-state index contributed by atoms with van der Waals surface area (Å²) < 4.78 is 10.7. The molecule has 2 rings (SSSR count). The first kappa shape index (κ1) is 14.9. The highest BCUT2D eigenvalue weighted by Gasteiger charge is 2.31. The first-order chi connectivity index (χ1) is 10.1. The summed E-state index contributed by atoms with van der Waals surface area (Å²) in [5.41, 5.74) is 1.01. The number of likely N-dealkylation sites (N-methyl/N-ethyl adjacent to an activating group) is 1. The van der Waals surface area contributed by atoms with E-state index in [2.05, 4.69) is 5.32 Å². The zero-order valence-corrected chi connectivity index (χ0v) is 12.3. The standard InChI is InChI=1S/C15H18N2O4/c1-4-17-14(18)11(16-15(17)19)8-10-6-7-12(20-3)13(9-10)21-5-2/h6-9H,4-5H2,1-3H3,(H,16,19)/b11-8-. The Balaban J connectivity index is 2.31. The van der Waals surface area contributed by atoms with Crippen LogP contribution in [-0.4, -0.2) is 37.1 Å². The summed E-state index contributed by atoms with van der Waals surface area (Å²) in [6, 6.07) is 4.93. The molecule has 6 nitrogen and oxygen atoms in total. The van der Waals surface area contributed by atoms with Crippen molar-refractivity contribution in [3.8, 4) is 11.5 Å². The Labute approximate surface area is 123 Å². The molecule has 1 N–H and O–H groups in total. The SMILES string of the molecule is CCOc1cc(/C=C2\NC(=O)N(CC)C2=O)ccc1OC.